The lowest BCUT2D eigenvalue weighted by Gasteiger charge is -2.09. The number of rotatable bonds is 7. The van der Waals surface area contributed by atoms with E-state index in [4.69, 9.17) is 20.6 Å². The molecule has 2 heterocycles. The number of halogens is 1. The molecule has 1 atom stereocenters. The van der Waals surface area contributed by atoms with Crippen LogP contribution in [0.1, 0.15) is 0 Å². The first kappa shape index (κ1) is 15.6. The van der Waals surface area contributed by atoms with E-state index in [1.807, 2.05) is 24.3 Å². The van der Waals surface area contributed by atoms with E-state index in [1.165, 1.54) is 0 Å². The highest BCUT2D eigenvalue weighted by Crippen LogP contribution is 2.24. The quantitative estimate of drug-likeness (QED) is 0.592. The van der Waals surface area contributed by atoms with E-state index >= 15 is 0 Å². The number of anilines is 2. The van der Waals surface area contributed by atoms with Crippen LogP contribution < -0.4 is 14.8 Å². The molecule has 0 aliphatic carbocycles. The molecule has 1 aliphatic rings. The molecule has 1 saturated heterocycles. The van der Waals surface area contributed by atoms with Crippen molar-refractivity contribution >= 4 is 27.6 Å². The lowest BCUT2D eigenvalue weighted by atomic mass is 10.3. The Balaban J connectivity index is 1.62. The van der Waals surface area contributed by atoms with Gasteiger partial charge in [-0.25, -0.2) is 4.98 Å². The summed E-state index contributed by atoms with van der Waals surface area (Å²) < 4.78 is 16.7. The molecule has 1 N–H and O–H groups in total. The molecule has 0 spiro atoms. The van der Waals surface area contributed by atoms with Gasteiger partial charge >= 0.3 is 0 Å². The van der Waals surface area contributed by atoms with Crippen LogP contribution in [0.4, 0.5) is 11.6 Å². The number of aromatic nitrogens is 2. The van der Waals surface area contributed by atoms with Crippen LogP contribution in [-0.2, 0) is 4.74 Å². The molecule has 2 aromatic rings. The van der Waals surface area contributed by atoms with Gasteiger partial charge in [0.1, 0.15) is 18.5 Å². The second kappa shape index (κ2) is 7.31. The van der Waals surface area contributed by atoms with Gasteiger partial charge in [-0.3, -0.25) is 0 Å². The van der Waals surface area contributed by atoms with Crippen LogP contribution in [0.3, 0.4) is 0 Å². The summed E-state index contributed by atoms with van der Waals surface area (Å²) in [6.07, 6.45) is 7.03. The van der Waals surface area contributed by atoms with E-state index in [0.717, 1.165) is 18.0 Å². The monoisotopic (exact) mass is 375 g/mol. The topological polar surface area (TPSA) is 68.8 Å². The molecule has 1 aliphatic heterocycles. The highest BCUT2D eigenvalue weighted by molar-refractivity contribution is 9.10. The van der Waals surface area contributed by atoms with Gasteiger partial charge in [0.2, 0.25) is 11.8 Å². The van der Waals surface area contributed by atoms with Gasteiger partial charge in [-0.05, 0) is 40.2 Å². The second-order valence-electron chi connectivity index (χ2n) is 4.76. The van der Waals surface area contributed by atoms with E-state index in [2.05, 4.69) is 37.1 Å². The van der Waals surface area contributed by atoms with Gasteiger partial charge in [0.15, 0.2) is 6.61 Å². The Morgan fingerprint density at radius 2 is 2.13 bits per heavy atom. The van der Waals surface area contributed by atoms with Gasteiger partial charge in [0.05, 0.1) is 17.3 Å². The summed E-state index contributed by atoms with van der Waals surface area (Å²) in [5.41, 5.74) is 0.838. The fourth-order valence-electron chi connectivity index (χ4n) is 1.74. The molecule has 1 aromatic heterocycles. The summed E-state index contributed by atoms with van der Waals surface area (Å²) in [5, 5.41) is 3.10. The van der Waals surface area contributed by atoms with E-state index in [1.54, 1.807) is 6.20 Å². The van der Waals surface area contributed by atoms with E-state index < -0.39 is 0 Å². The number of benzene rings is 1. The number of terminal acetylenes is 1. The third-order valence-corrected chi connectivity index (χ3v) is 3.50. The van der Waals surface area contributed by atoms with Crippen molar-refractivity contribution in [3.8, 4) is 24.0 Å². The zero-order valence-corrected chi connectivity index (χ0v) is 13.7. The predicted octanol–water partition coefficient (Wildman–Crippen LogP) is 2.77. The normalized spacial score (nSPS) is 15.6. The molecule has 3 rings (SSSR count). The molecule has 7 heteroatoms. The van der Waals surface area contributed by atoms with E-state index in [-0.39, 0.29) is 12.7 Å². The minimum atomic E-state index is 0.145. The highest BCUT2D eigenvalue weighted by Gasteiger charge is 2.22. The summed E-state index contributed by atoms with van der Waals surface area (Å²) >= 11 is 3.32. The van der Waals surface area contributed by atoms with Gasteiger partial charge in [0, 0.05) is 5.69 Å². The Morgan fingerprint density at radius 1 is 1.35 bits per heavy atom. The summed E-state index contributed by atoms with van der Waals surface area (Å²) in [4.78, 5) is 8.44. The lowest BCUT2D eigenvalue weighted by Crippen LogP contribution is -2.04. The summed E-state index contributed by atoms with van der Waals surface area (Å²) in [6, 6.07) is 7.52. The Bertz CT molecular complexity index is 712. The van der Waals surface area contributed by atoms with Gasteiger partial charge in [-0.1, -0.05) is 5.92 Å². The maximum atomic E-state index is 5.59. The van der Waals surface area contributed by atoms with Gasteiger partial charge in [-0.2, -0.15) is 4.98 Å². The zero-order valence-electron chi connectivity index (χ0n) is 12.2. The Kier molecular flexibility index (Phi) is 4.95. The average molecular weight is 376 g/mol. The first-order valence-corrected chi connectivity index (χ1v) is 7.74. The van der Waals surface area contributed by atoms with Gasteiger partial charge in [0.25, 0.3) is 0 Å². The van der Waals surface area contributed by atoms with Crippen LogP contribution in [-0.4, -0.2) is 35.9 Å². The summed E-state index contributed by atoms with van der Waals surface area (Å²) in [6.45, 7) is 1.51. The highest BCUT2D eigenvalue weighted by atomic mass is 79.9. The maximum Gasteiger partial charge on any atom is 0.233 e. The number of ether oxygens (including phenoxy) is 3. The number of nitrogens with zero attached hydrogens (tertiary/aromatic N) is 2. The molecule has 0 saturated carbocycles. The fourth-order valence-corrected chi connectivity index (χ4v) is 2.05. The standard InChI is InChI=1S/C16H14BrN3O3/c1-2-7-21-15-14(17)8-18-16(20-15)19-11-3-5-12(6-4-11)22-9-13-10-23-13/h1,3-6,8,13H,7,9-10H2,(H,18,19,20). The molecule has 1 aromatic carbocycles. The first-order valence-electron chi connectivity index (χ1n) is 6.95. The number of nitrogens with one attached hydrogen (secondary N) is 1. The Labute approximate surface area is 142 Å². The minimum absolute atomic E-state index is 0.145. The summed E-state index contributed by atoms with van der Waals surface area (Å²) in [7, 11) is 0. The maximum absolute atomic E-state index is 5.59. The molecule has 0 bridgehead atoms. The van der Waals surface area contributed by atoms with E-state index in [0.29, 0.717) is 22.9 Å². The first-order chi connectivity index (χ1) is 11.2. The molecule has 6 nitrogen and oxygen atoms in total. The lowest BCUT2D eigenvalue weighted by molar-refractivity contribution is 0.263. The predicted molar refractivity (Wildman–Crippen MR) is 89.0 cm³/mol. The van der Waals surface area contributed by atoms with E-state index in [9.17, 15) is 0 Å². The molecule has 1 fully saturated rings. The van der Waals surface area contributed by atoms with Gasteiger partial charge < -0.3 is 19.5 Å². The van der Waals surface area contributed by atoms with Crippen LogP contribution in [0, 0.1) is 12.3 Å². The number of epoxide rings is 1. The molecule has 0 radical (unpaired) electrons. The summed E-state index contributed by atoms with van der Waals surface area (Å²) in [5.74, 6) is 4.00. The van der Waals surface area contributed by atoms with Crippen molar-refractivity contribution in [1.29, 1.82) is 0 Å². The van der Waals surface area contributed by atoms with Crippen LogP contribution in [0.2, 0.25) is 0 Å². The van der Waals surface area contributed by atoms with Crippen LogP contribution in [0.25, 0.3) is 0 Å². The molecule has 0 amide bonds. The number of hydrogen-bond donors (Lipinski definition) is 1. The van der Waals surface area contributed by atoms with Crippen molar-refractivity contribution in [2.24, 2.45) is 0 Å². The smallest absolute Gasteiger partial charge is 0.233 e. The van der Waals surface area contributed by atoms with Gasteiger partial charge in [-0.15, -0.1) is 6.42 Å². The van der Waals surface area contributed by atoms with Crippen LogP contribution in [0.15, 0.2) is 34.9 Å². The van der Waals surface area contributed by atoms with Crippen molar-refractivity contribution in [1.82, 2.24) is 9.97 Å². The molecule has 118 valence electrons. The van der Waals surface area contributed by atoms with Crippen molar-refractivity contribution in [2.45, 2.75) is 6.10 Å². The minimum Gasteiger partial charge on any atom is -0.491 e. The van der Waals surface area contributed by atoms with Crippen molar-refractivity contribution in [3.05, 3.63) is 34.9 Å². The molecule has 1 unspecified atom stereocenters. The van der Waals surface area contributed by atoms with Crippen molar-refractivity contribution in [2.75, 3.05) is 25.1 Å². The Morgan fingerprint density at radius 3 is 2.83 bits per heavy atom. The Hall–Kier alpha value is -2.30. The van der Waals surface area contributed by atoms with Crippen LogP contribution in [0.5, 0.6) is 11.6 Å². The SMILES string of the molecule is C#CCOc1nc(Nc2ccc(OCC3CO3)cc2)ncc1Br. The largest absolute Gasteiger partial charge is 0.491 e. The fraction of sp³-hybridized carbons (Fsp3) is 0.250. The van der Waals surface area contributed by atoms with Crippen LogP contribution >= 0.6 is 15.9 Å². The molecular formula is C16H14BrN3O3. The molecular weight excluding hydrogens is 362 g/mol. The third kappa shape index (κ3) is 4.58. The average Bonchev–Trinajstić information content (AvgIpc) is 3.39. The number of hydrogen-bond acceptors (Lipinski definition) is 6. The molecule has 23 heavy (non-hydrogen) atoms. The van der Waals surface area contributed by atoms with Crippen molar-refractivity contribution < 1.29 is 14.2 Å². The second-order valence-corrected chi connectivity index (χ2v) is 5.61. The zero-order chi connectivity index (χ0) is 16.1. The third-order valence-electron chi connectivity index (χ3n) is 2.95. The van der Waals surface area contributed by atoms with Crippen molar-refractivity contribution in [3.63, 3.8) is 0 Å².